The van der Waals surface area contributed by atoms with Gasteiger partial charge in [0.1, 0.15) is 11.5 Å². The minimum Gasteiger partial charge on any atom is -0.495 e. The number of benzene rings is 6. The summed E-state index contributed by atoms with van der Waals surface area (Å²) in [5.74, 6) is 4.58. The molecule has 0 aromatic heterocycles. The molecule has 6 aromatic carbocycles. The van der Waals surface area contributed by atoms with E-state index in [1.807, 2.05) is 24.6 Å². The van der Waals surface area contributed by atoms with E-state index < -0.39 is 0 Å². The molecule has 0 N–H and O–H groups in total. The average molecular weight is 837 g/mol. The van der Waals surface area contributed by atoms with Crippen LogP contribution in [0.2, 0.25) is 0 Å². The van der Waals surface area contributed by atoms with Crippen molar-refractivity contribution in [1.29, 1.82) is 0 Å². The van der Waals surface area contributed by atoms with Crippen LogP contribution in [0.4, 0.5) is 0 Å². The second kappa shape index (κ2) is 19.8. The van der Waals surface area contributed by atoms with Gasteiger partial charge in [-0.25, -0.2) is 0 Å². The van der Waals surface area contributed by atoms with E-state index in [0.717, 1.165) is 66.1 Å². The Hall–Kier alpha value is -6.02. The van der Waals surface area contributed by atoms with Crippen LogP contribution in [-0.2, 0) is 0 Å². The molecule has 6 aromatic rings. The molecule has 0 aliphatic heterocycles. The highest BCUT2D eigenvalue weighted by Gasteiger charge is 2.32. The Morgan fingerprint density at radius 3 is 1.06 bits per heavy atom. The maximum absolute atomic E-state index is 6.63. The fourth-order valence-electron chi connectivity index (χ4n) is 9.11. The zero-order valence-electron chi connectivity index (χ0n) is 39.2. The first kappa shape index (κ1) is 45.5. The minimum absolute atomic E-state index is 0.0979. The summed E-state index contributed by atoms with van der Waals surface area (Å²) >= 11 is 0. The standard InChI is InChI=1S/C54H64N2O6/c1-31(2)43-39-25-33(5)45(51(59-11)47(39)41(49(57-9)53(43)61-13)29-55-27-35(7)37-21-17-15-18-22-37)46-34(6)26-40-44(32(3)4)54(62-14)50(58-10)42(48(40)52(46)60-12)30-56-28-36(8)38-23-19-16-20-24-38/h15-26,29-32,35-36H,27-28H2,1-14H3. The van der Waals surface area contributed by atoms with Gasteiger partial charge in [0.25, 0.3) is 0 Å². The number of hydrogen-bond donors (Lipinski definition) is 0. The van der Waals surface area contributed by atoms with Gasteiger partial charge in [-0.15, -0.1) is 0 Å². The van der Waals surface area contributed by atoms with Crippen molar-refractivity contribution in [2.24, 2.45) is 9.98 Å². The Kier molecular flexibility index (Phi) is 14.5. The summed E-state index contributed by atoms with van der Waals surface area (Å²) in [5.41, 5.74) is 9.95. The number of aliphatic imine (C=N–C) groups is 2. The van der Waals surface area contributed by atoms with E-state index in [4.69, 9.17) is 38.4 Å². The molecule has 6 rings (SSSR count). The molecular weight excluding hydrogens is 773 g/mol. The highest BCUT2D eigenvalue weighted by atomic mass is 16.5. The first-order valence-corrected chi connectivity index (χ1v) is 21.6. The molecule has 0 bridgehead atoms. The maximum Gasteiger partial charge on any atom is 0.170 e. The van der Waals surface area contributed by atoms with Gasteiger partial charge in [0.05, 0.1) is 42.7 Å². The van der Waals surface area contributed by atoms with Gasteiger partial charge < -0.3 is 28.4 Å². The number of ether oxygens (including phenoxy) is 6. The van der Waals surface area contributed by atoms with Crippen LogP contribution < -0.4 is 28.4 Å². The van der Waals surface area contributed by atoms with E-state index in [1.54, 1.807) is 42.7 Å². The lowest BCUT2D eigenvalue weighted by Gasteiger charge is -2.27. The monoisotopic (exact) mass is 836 g/mol. The number of rotatable bonds is 17. The molecule has 326 valence electrons. The lowest BCUT2D eigenvalue weighted by molar-refractivity contribution is 0.351. The lowest BCUT2D eigenvalue weighted by Crippen LogP contribution is -2.08. The molecule has 0 saturated heterocycles. The van der Waals surface area contributed by atoms with Crippen LogP contribution in [-0.4, -0.2) is 68.2 Å². The van der Waals surface area contributed by atoms with Crippen molar-refractivity contribution in [3.8, 4) is 45.6 Å². The van der Waals surface area contributed by atoms with E-state index in [0.29, 0.717) is 47.6 Å². The van der Waals surface area contributed by atoms with Crippen LogP contribution in [0.5, 0.6) is 34.5 Å². The van der Waals surface area contributed by atoms with Crippen molar-refractivity contribution in [2.75, 3.05) is 55.7 Å². The third-order valence-electron chi connectivity index (χ3n) is 12.0. The van der Waals surface area contributed by atoms with Crippen LogP contribution in [0.15, 0.2) is 82.8 Å². The molecule has 0 radical (unpaired) electrons. The van der Waals surface area contributed by atoms with Crippen LogP contribution in [0.1, 0.15) is 110 Å². The largest absolute Gasteiger partial charge is 0.495 e. The predicted molar refractivity (Wildman–Crippen MR) is 258 cm³/mol. The van der Waals surface area contributed by atoms with E-state index in [-0.39, 0.29) is 23.7 Å². The maximum atomic E-state index is 6.63. The van der Waals surface area contributed by atoms with Gasteiger partial charge in [-0.2, -0.15) is 0 Å². The third-order valence-corrected chi connectivity index (χ3v) is 12.0. The molecule has 8 nitrogen and oxygen atoms in total. The van der Waals surface area contributed by atoms with Crippen molar-refractivity contribution in [3.63, 3.8) is 0 Å². The Balaban J connectivity index is 1.71. The Bertz CT molecular complexity index is 2410. The molecule has 0 amide bonds. The van der Waals surface area contributed by atoms with Crippen molar-refractivity contribution in [1.82, 2.24) is 0 Å². The zero-order valence-corrected chi connectivity index (χ0v) is 39.2. The van der Waals surface area contributed by atoms with Crippen LogP contribution in [0, 0.1) is 13.8 Å². The Labute approximate surface area is 368 Å². The molecule has 62 heavy (non-hydrogen) atoms. The highest BCUT2D eigenvalue weighted by molar-refractivity contribution is 6.15. The van der Waals surface area contributed by atoms with Gasteiger partial charge in [-0.3, -0.25) is 9.98 Å². The van der Waals surface area contributed by atoms with E-state index >= 15 is 0 Å². The quantitative estimate of drug-likeness (QED) is 0.0851. The van der Waals surface area contributed by atoms with Gasteiger partial charge in [-0.05, 0) is 58.7 Å². The normalized spacial score (nSPS) is 12.8. The smallest absolute Gasteiger partial charge is 0.170 e. The molecule has 2 atom stereocenters. The van der Waals surface area contributed by atoms with Gasteiger partial charge >= 0.3 is 0 Å². The summed E-state index contributed by atoms with van der Waals surface area (Å²) in [7, 11) is 10.3. The Morgan fingerprint density at radius 1 is 0.452 bits per heavy atom. The molecule has 0 spiro atoms. The van der Waals surface area contributed by atoms with Crippen LogP contribution in [0.25, 0.3) is 32.7 Å². The number of nitrogens with zero attached hydrogens (tertiary/aromatic N) is 2. The van der Waals surface area contributed by atoms with Crippen molar-refractivity contribution in [2.45, 2.75) is 79.1 Å². The summed E-state index contributed by atoms with van der Waals surface area (Å²) in [6.45, 7) is 18.5. The first-order valence-electron chi connectivity index (χ1n) is 21.6. The number of hydrogen-bond acceptors (Lipinski definition) is 8. The summed E-state index contributed by atoms with van der Waals surface area (Å²) in [6.07, 6.45) is 3.85. The van der Waals surface area contributed by atoms with Crippen LogP contribution >= 0.6 is 0 Å². The molecule has 0 aliphatic rings. The van der Waals surface area contributed by atoms with Gasteiger partial charge in [0, 0.05) is 81.5 Å². The SMILES string of the molecule is COc1c(OC)c(C=NCC(C)c2ccccc2)c2c(OC)c(-c3c(C)cc4c(C(C)C)c(OC)c(OC)c(C=NCC(C)c5ccccc5)c4c3OC)c(C)cc2c1C(C)C. The third kappa shape index (κ3) is 8.44. The molecule has 0 heterocycles. The Morgan fingerprint density at radius 2 is 0.774 bits per heavy atom. The van der Waals surface area contributed by atoms with Crippen molar-refractivity contribution >= 4 is 34.0 Å². The summed E-state index contributed by atoms with van der Waals surface area (Å²) in [5, 5.41) is 3.80. The average Bonchev–Trinajstić information content (AvgIpc) is 3.27. The fourth-order valence-corrected chi connectivity index (χ4v) is 9.11. The van der Waals surface area contributed by atoms with E-state index in [2.05, 4.69) is 116 Å². The summed E-state index contributed by atoms with van der Waals surface area (Å²) in [6, 6.07) is 25.4. The minimum atomic E-state index is 0.0979. The van der Waals surface area contributed by atoms with E-state index in [1.165, 1.54) is 11.1 Å². The second-order valence-electron chi connectivity index (χ2n) is 16.8. The molecule has 0 aliphatic carbocycles. The number of aryl methyl sites for hydroxylation is 2. The molecular formula is C54H64N2O6. The first-order chi connectivity index (χ1) is 29.9. The van der Waals surface area contributed by atoms with Crippen molar-refractivity contribution < 1.29 is 28.4 Å². The van der Waals surface area contributed by atoms with Gasteiger partial charge in [0.15, 0.2) is 23.0 Å². The highest BCUT2D eigenvalue weighted by Crippen LogP contribution is 2.55. The van der Waals surface area contributed by atoms with E-state index in [9.17, 15) is 0 Å². The van der Waals surface area contributed by atoms with Gasteiger partial charge in [0.2, 0.25) is 0 Å². The molecule has 8 heteroatoms. The number of methoxy groups -OCH3 is 6. The lowest BCUT2D eigenvalue weighted by atomic mass is 9.83. The number of fused-ring (bicyclic) bond motifs is 2. The van der Waals surface area contributed by atoms with Crippen molar-refractivity contribution in [3.05, 3.63) is 117 Å². The summed E-state index contributed by atoms with van der Waals surface area (Å²) < 4.78 is 38.1. The second-order valence-corrected chi connectivity index (χ2v) is 16.8. The topological polar surface area (TPSA) is 80.1 Å². The molecule has 2 unspecified atom stereocenters. The molecule has 0 fully saturated rings. The zero-order chi connectivity index (χ0) is 44.8. The fraction of sp³-hybridized carbons (Fsp3) is 0.370. The van der Waals surface area contributed by atoms with Gasteiger partial charge in [-0.1, -0.05) is 114 Å². The summed E-state index contributed by atoms with van der Waals surface area (Å²) in [4.78, 5) is 10.1. The molecule has 0 saturated carbocycles. The van der Waals surface area contributed by atoms with Crippen LogP contribution in [0.3, 0.4) is 0 Å². The predicted octanol–water partition coefficient (Wildman–Crippen LogP) is 13.0.